The molecule has 2 aromatic carbocycles. The van der Waals surface area contributed by atoms with Crippen molar-refractivity contribution in [1.82, 2.24) is 4.72 Å². The Labute approximate surface area is 198 Å². The second-order valence-electron chi connectivity index (χ2n) is 8.09. The smallest absolute Gasteiger partial charge is 0.321 e. The summed E-state index contributed by atoms with van der Waals surface area (Å²) in [5.41, 5.74) is 3.91. The topological polar surface area (TPSA) is 109 Å². The number of benzene rings is 2. The highest BCUT2D eigenvalue weighted by atomic mass is 32.2. The lowest BCUT2D eigenvalue weighted by Crippen LogP contribution is -2.38. The zero-order valence-electron chi connectivity index (χ0n) is 19.3. The number of halogens is 1. The predicted molar refractivity (Wildman–Crippen MR) is 130 cm³/mol. The monoisotopic (exact) mass is 486 g/mol. The number of nitrogens with one attached hydrogen (secondary N) is 2. The number of carboxylic acid groups (broad SMARTS) is 1. The van der Waals surface area contributed by atoms with Crippen molar-refractivity contribution in [3.63, 3.8) is 0 Å². The van der Waals surface area contributed by atoms with E-state index in [4.69, 9.17) is 9.52 Å². The second kappa shape index (κ2) is 10.2. The van der Waals surface area contributed by atoms with E-state index in [1.807, 2.05) is 19.1 Å². The van der Waals surface area contributed by atoms with Crippen LogP contribution in [0, 0.1) is 19.7 Å². The molecule has 0 saturated carbocycles. The molecule has 1 heterocycles. The van der Waals surface area contributed by atoms with E-state index >= 15 is 0 Å². The molecule has 0 saturated heterocycles. The fraction of sp³-hybridized carbons (Fsp3) is 0.240. The van der Waals surface area contributed by atoms with Gasteiger partial charge in [-0.1, -0.05) is 12.1 Å². The largest absolute Gasteiger partial charge is 0.480 e. The first-order valence-electron chi connectivity index (χ1n) is 10.6. The summed E-state index contributed by atoms with van der Waals surface area (Å²) in [6.07, 6.45) is 3.05. The maximum absolute atomic E-state index is 15.0. The van der Waals surface area contributed by atoms with Crippen molar-refractivity contribution in [3.8, 4) is 11.1 Å². The van der Waals surface area contributed by atoms with Crippen LogP contribution in [0.1, 0.15) is 36.3 Å². The lowest BCUT2D eigenvalue weighted by atomic mass is 9.94. The molecular weight excluding hydrogens is 459 g/mol. The Morgan fingerprint density at radius 1 is 1.15 bits per heavy atom. The van der Waals surface area contributed by atoms with Crippen molar-refractivity contribution in [2.45, 2.75) is 40.3 Å². The molecule has 3 N–H and O–H groups in total. The van der Waals surface area contributed by atoms with Crippen LogP contribution in [-0.4, -0.2) is 25.5 Å². The van der Waals surface area contributed by atoms with Gasteiger partial charge in [-0.2, -0.15) is 4.72 Å². The number of hydrogen-bond donors (Lipinski definition) is 3. The first kappa shape index (κ1) is 25.2. The van der Waals surface area contributed by atoms with Gasteiger partial charge in [0.25, 0.3) is 0 Å². The first-order chi connectivity index (χ1) is 16.0. The van der Waals surface area contributed by atoms with Gasteiger partial charge in [-0.05, 0) is 86.4 Å². The molecule has 0 aliphatic carbocycles. The van der Waals surface area contributed by atoms with Crippen LogP contribution in [0.15, 0.2) is 58.1 Å². The molecule has 34 heavy (non-hydrogen) atoms. The van der Waals surface area contributed by atoms with Crippen molar-refractivity contribution >= 4 is 27.8 Å². The third-order valence-electron chi connectivity index (χ3n) is 5.40. The summed E-state index contributed by atoms with van der Waals surface area (Å²) >= 11 is 0. The van der Waals surface area contributed by atoms with Crippen molar-refractivity contribution in [2.24, 2.45) is 0 Å². The summed E-state index contributed by atoms with van der Waals surface area (Å²) in [6, 6.07) is 10.9. The molecule has 0 amide bonds. The lowest BCUT2D eigenvalue weighted by Gasteiger charge is -2.14. The van der Waals surface area contributed by atoms with Gasteiger partial charge in [0.1, 0.15) is 17.6 Å². The van der Waals surface area contributed by atoms with Crippen molar-refractivity contribution in [2.75, 3.05) is 5.32 Å². The van der Waals surface area contributed by atoms with Gasteiger partial charge in [-0.3, -0.25) is 4.79 Å². The summed E-state index contributed by atoms with van der Waals surface area (Å²) in [5, 5.41) is 12.1. The maximum atomic E-state index is 15.0. The molecule has 0 fully saturated rings. The average Bonchev–Trinajstić information content (AvgIpc) is 3.28. The van der Waals surface area contributed by atoms with Crippen LogP contribution < -0.4 is 10.0 Å². The average molecular weight is 487 g/mol. The van der Waals surface area contributed by atoms with Crippen LogP contribution in [0.2, 0.25) is 0 Å². The van der Waals surface area contributed by atoms with Crippen LogP contribution in [0.3, 0.4) is 0 Å². The fourth-order valence-corrected chi connectivity index (χ4v) is 4.44. The van der Waals surface area contributed by atoms with Gasteiger partial charge >= 0.3 is 5.97 Å². The zero-order valence-corrected chi connectivity index (χ0v) is 20.2. The number of allylic oxidation sites excluding steroid dienone is 1. The molecule has 0 aliphatic rings. The number of aryl methyl sites for hydroxylation is 2. The van der Waals surface area contributed by atoms with E-state index < -0.39 is 22.0 Å². The third kappa shape index (κ3) is 5.92. The quantitative estimate of drug-likeness (QED) is 0.390. The summed E-state index contributed by atoms with van der Waals surface area (Å²) in [5.74, 6) is -0.914. The van der Waals surface area contributed by atoms with Crippen LogP contribution in [0.4, 0.5) is 10.1 Å². The second-order valence-corrected chi connectivity index (χ2v) is 9.97. The summed E-state index contributed by atoms with van der Waals surface area (Å²) in [4.78, 5) is 11.0. The summed E-state index contributed by atoms with van der Waals surface area (Å²) < 4.78 is 47.2. The van der Waals surface area contributed by atoms with Gasteiger partial charge in [0, 0.05) is 11.3 Å². The van der Waals surface area contributed by atoms with Gasteiger partial charge in [0.2, 0.25) is 10.0 Å². The minimum atomic E-state index is -3.97. The Bertz CT molecular complexity index is 1330. The van der Waals surface area contributed by atoms with E-state index in [1.54, 1.807) is 37.5 Å². The standard InChI is InChI=1S/C25H27FN2O5S/c1-15-11-23(22-8-7-20(13-24(22)26)27-14-21-6-5-9-33-21)16(2)10-19(15)12-17(3)34(31,32)28-18(4)25(29)30/h5-13,18,27-28H,14H2,1-4H3,(H,29,30). The Hall–Kier alpha value is -3.43. The lowest BCUT2D eigenvalue weighted by molar-refractivity contribution is -0.138. The fourth-order valence-electron chi connectivity index (χ4n) is 3.40. The van der Waals surface area contributed by atoms with Gasteiger partial charge in [-0.15, -0.1) is 0 Å². The van der Waals surface area contributed by atoms with Gasteiger partial charge < -0.3 is 14.8 Å². The molecule has 0 radical (unpaired) electrons. The number of aliphatic carboxylic acids is 1. The number of rotatable bonds is 9. The van der Waals surface area contributed by atoms with Gasteiger partial charge in [0.15, 0.2) is 0 Å². The van der Waals surface area contributed by atoms with Crippen molar-refractivity contribution in [1.29, 1.82) is 0 Å². The molecule has 1 atom stereocenters. The molecule has 3 rings (SSSR count). The molecule has 0 spiro atoms. The molecule has 7 nitrogen and oxygen atoms in total. The molecule has 9 heteroatoms. The number of carbonyl (C=O) groups is 1. The van der Waals surface area contributed by atoms with Crippen LogP contribution in [0.5, 0.6) is 0 Å². The van der Waals surface area contributed by atoms with Gasteiger partial charge in [-0.25, -0.2) is 12.8 Å². The van der Waals surface area contributed by atoms with Crippen molar-refractivity contribution in [3.05, 3.63) is 81.9 Å². The maximum Gasteiger partial charge on any atom is 0.321 e. The minimum Gasteiger partial charge on any atom is -0.480 e. The summed E-state index contributed by atoms with van der Waals surface area (Å²) in [7, 11) is -3.97. The molecule has 1 aromatic heterocycles. The normalized spacial score (nSPS) is 13.0. The van der Waals surface area contributed by atoms with E-state index in [1.165, 1.54) is 26.0 Å². The van der Waals surface area contributed by atoms with Crippen LogP contribution in [0.25, 0.3) is 17.2 Å². The number of carboxylic acids is 1. The number of furan rings is 1. The molecular formula is C25H27FN2O5S. The molecule has 0 bridgehead atoms. The number of hydrogen-bond acceptors (Lipinski definition) is 5. The molecule has 1 unspecified atom stereocenters. The summed E-state index contributed by atoms with van der Waals surface area (Å²) in [6.45, 7) is 6.72. The molecule has 180 valence electrons. The van der Waals surface area contributed by atoms with Crippen LogP contribution >= 0.6 is 0 Å². The Kier molecular flexibility index (Phi) is 7.58. The van der Waals surface area contributed by atoms with E-state index in [0.29, 0.717) is 28.9 Å². The predicted octanol–water partition coefficient (Wildman–Crippen LogP) is 5.07. The zero-order chi connectivity index (χ0) is 25.0. The van der Waals surface area contributed by atoms with Crippen LogP contribution in [-0.2, 0) is 21.4 Å². The highest BCUT2D eigenvalue weighted by Gasteiger charge is 2.21. The van der Waals surface area contributed by atoms with E-state index in [2.05, 4.69) is 10.0 Å². The number of sulfonamides is 1. The van der Waals surface area contributed by atoms with E-state index in [0.717, 1.165) is 16.9 Å². The Balaban J connectivity index is 1.85. The highest BCUT2D eigenvalue weighted by molar-refractivity contribution is 7.93. The van der Waals surface area contributed by atoms with Crippen molar-refractivity contribution < 1.29 is 27.1 Å². The van der Waals surface area contributed by atoms with Gasteiger partial charge in [0.05, 0.1) is 17.7 Å². The molecule has 0 aliphatic heterocycles. The first-order valence-corrected chi connectivity index (χ1v) is 12.1. The number of anilines is 1. The van der Waals surface area contributed by atoms with E-state index in [-0.39, 0.29) is 10.7 Å². The minimum absolute atomic E-state index is 0.0194. The van der Waals surface area contributed by atoms with E-state index in [9.17, 15) is 17.6 Å². The SMILES string of the molecule is CC(=Cc1cc(C)c(-c2ccc(NCc3ccco3)cc2F)cc1C)S(=O)(=O)NC(C)C(=O)O. The Morgan fingerprint density at radius 2 is 1.88 bits per heavy atom. The third-order valence-corrected chi connectivity index (χ3v) is 7.03. The molecule has 3 aromatic rings. The Morgan fingerprint density at radius 3 is 2.50 bits per heavy atom. The highest BCUT2D eigenvalue weighted by Crippen LogP contribution is 2.31.